The van der Waals surface area contributed by atoms with Gasteiger partial charge in [-0.25, -0.2) is 0 Å². The molecule has 0 bridgehead atoms. The molecule has 0 aliphatic heterocycles. The maximum absolute atomic E-state index is 2.60. The summed E-state index contributed by atoms with van der Waals surface area (Å²) < 4.78 is 0. The molecule has 0 amide bonds. The molecule has 1 aliphatic carbocycles. The molecule has 2 nitrogen and oxygen atoms in total. The van der Waals surface area contributed by atoms with Crippen LogP contribution in [-0.4, -0.2) is 6.04 Å². The molecule has 2 heteroatoms. The average molecular weight is 621 g/mol. The van der Waals surface area contributed by atoms with Gasteiger partial charge in [-0.2, -0.15) is 0 Å². The van der Waals surface area contributed by atoms with Crippen LogP contribution < -0.4 is 9.80 Å². The first-order chi connectivity index (χ1) is 23.7. The van der Waals surface area contributed by atoms with E-state index in [-0.39, 0.29) is 0 Å². The zero-order valence-electron chi connectivity index (χ0n) is 27.7. The fourth-order valence-electron chi connectivity index (χ4n) is 7.57. The smallest absolute Gasteiger partial charge is 0.0540 e. The van der Waals surface area contributed by atoms with Crippen LogP contribution in [0, 0.1) is 13.8 Å². The molecule has 0 aromatic heterocycles. The van der Waals surface area contributed by atoms with E-state index in [1.165, 1.54) is 60.9 Å². The van der Waals surface area contributed by atoms with Crippen molar-refractivity contribution in [3.05, 3.63) is 175 Å². The summed E-state index contributed by atoms with van der Waals surface area (Å²) >= 11 is 0. The second-order valence-electron chi connectivity index (χ2n) is 13.0. The summed E-state index contributed by atoms with van der Waals surface area (Å²) in [6.45, 7) is 4.51. The first-order valence-electron chi connectivity index (χ1n) is 17.1. The monoisotopic (exact) mass is 620 g/mol. The van der Waals surface area contributed by atoms with Crippen molar-refractivity contribution in [3.63, 3.8) is 0 Å². The van der Waals surface area contributed by atoms with Gasteiger partial charge in [0.1, 0.15) is 0 Å². The van der Waals surface area contributed by atoms with Gasteiger partial charge < -0.3 is 9.80 Å². The largest absolute Gasteiger partial charge is 0.338 e. The highest BCUT2D eigenvalue weighted by Crippen LogP contribution is 2.42. The SMILES string of the molecule is Cc1cc(N(c2ccccc2)c2cccc3ccccc23)ccc1-c1ccc(N(c2cccc3ccccc23)C2CC=CCC2)cc1C. The number of hydrogen-bond acceptors (Lipinski definition) is 2. The third kappa shape index (κ3) is 5.54. The van der Waals surface area contributed by atoms with Gasteiger partial charge in [0.15, 0.2) is 0 Å². The average Bonchev–Trinajstić information content (AvgIpc) is 3.13. The zero-order valence-corrected chi connectivity index (χ0v) is 27.7. The second-order valence-corrected chi connectivity index (χ2v) is 13.0. The summed E-state index contributed by atoms with van der Waals surface area (Å²) in [6.07, 6.45) is 8.01. The molecule has 1 aliphatic rings. The molecular formula is C46H40N2. The number of allylic oxidation sites excluding steroid dienone is 1. The molecule has 0 fully saturated rings. The van der Waals surface area contributed by atoms with E-state index in [0.717, 1.165) is 30.6 Å². The molecular weight excluding hydrogens is 581 g/mol. The Morgan fingerprint density at radius 1 is 0.479 bits per heavy atom. The minimum atomic E-state index is 0.421. The van der Waals surface area contributed by atoms with Gasteiger partial charge in [0, 0.05) is 39.6 Å². The molecule has 1 unspecified atom stereocenters. The van der Waals surface area contributed by atoms with Crippen LogP contribution in [0.5, 0.6) is 0 Å². The van der Waals surface area contributed by atoms with E-state index in [9.17, 15) is 0 Å². The number of aryl methyl sites for hydroxylation is 2. The van der Waals surface area contributed by atoms with E-state index in [0.29, 0.717) is 6.04 Å². The molecule has 0 radical (unpaired) electrons. The molecule has 0 saturated heterocycles. The van der Waals surface area contributed by atoms with Crippen molar-refractivity contribution in [2.45, 2.75) is 39.2 Å². The van der Waals surface area contributed by atoms with Crippen molar-refractivity contribution in [2.75, 3.05) is 9.80 Å². The summed E-state index contributed by atoms with van der Waals surface area (Å²) in [6, 6.07) is 55.8. The van der Waals surface area contributed by atoms with Gasteiger partial charge in [-0.15, -0.1) is 0 Å². The van der Waals surface area contributed by atoms with Crippen molar-refractivity contribution >= 4 is 50.0 Å². The van der Waals surface area contributed by atoms with Crippen LogP contribution in [0.15, 0.2) is 164 Å². The van der Waals surface area contributed by atoms with E-state index >= 15 is 0 Å². The predicted octanol–water partition coefficient (Wildman–Crippen LogP) is 13.0. The first kappa shape index (κ1) is 29.8. The number of nitrogens with zero attached hydrogens (tertiary/aromatic N) is 2. The zero-order chi connectivity index (χ0) is 32.5. The van der Waals surface area contributed by atoms with Gasteiger partial charge in [-0.05, 0) is 115 Å². The minimum Gasteiger partial charge on any atom is -0.338 e. The van der Waals surface area contributed by atoms with Crippen LogP contribution in [0.25, 0.3) is 32.7 Å². The summed E-state index contributed by atoms with van der Waals surface area (Å²) in [7, 11) is 0. The van der Waals surface area contributed by atoms with Gasteiger partial charge in [0.2, 0.25) is 0 Å². The summed E-state index contributed by atoms with van der Waals surface area (Å²) in [5.74, 6) is 0. The Bertz CT molecular complexity index is 2250. The molecule has 7 aromatic carbocycles. The van der Waals surface area contributed by atoms with E-state index in [1.54, 1.807) is 0 Å². The molecule has 0 N–H and O–H groups in total. The Labute approximate surface area is 284 Å². The standard InChI is InChI=1S/C46H40N2/c1-33-31-39(47(37-19-5-3-6-20-37)45-25-13-17-35-15-9-11-23-43(35)45)27-29-41(33)42-30-28-40(32-34(42)2)48(38-21-7-4-8-22-38)46-26-14-18-36-16-10-12-24-44(36)46/h3-7,9-20,23-32,38H,8,21-22H2,1-2H3. The quantitative estimate of drug-likeness (QED) is 0.164. The normalized spacial score (nSPS) is 14.3. The van der Waals surface area contributed by atoms with Crippen LogP contribution in [0.3, 0.4) is 0 Å². The van der Waals surface area contributed by atoms with E-state index in [2.05, 4.69) is 187 Å². The molecule has 1 atom stereocenters. The molecule has 0 spiro atoms. The van der Waals surface area contributed by atoms with Crippen LogP contribution in [0.2, 0.25) is 0 Å². The molecule has 234 valence electrons. The van der Waals surface area contributed by atoms with Crippen LogP contribution in [-0.2, 0) is 0 Å². The van der Waals surface area contributed by atoms with Crippen LogP contribution in [0.4, 0.5) is 28.4 Å². The van der Waals surface area contributed by atoms with E-state index in [4.69, 9.17) is 0 Å². The van der Waals surface area contributed by atoms with Gasteiger partial charge in [-0.3, -0.25) is 0 Å². The van der Waals surface area contributed by atoms with E-state index < -0.39 is 0 Å². The molecule has 48 heavy (non-hydrogen) atoms. The third-order valence-corrected chi connectivity index (χ3v) is 9.90. The number of fused-ring (bicyclic) bond motifs is 2. The third-order valence-electron chi connectivity index (χ3n) is 9.90. The summed E-state index contributed by atoms with van der Waals surface area (Å²) in [5.41, 5.74) is 11.1. The van der Waals surface area contributed by atoms with Gasteiger partial charge in [0.25, 0.3) is 0 Å². The number of para-hydroxylation sites is 1. The summed E-state index contributed by atoms with van der Waals surface area (Å²) in [4.78, 5) is 4.98. The van der Waals surface area contributed by atoms with Crippen LogP contribution >= 0.6 is 0 Å². The number of anilines is 5. The van der Waals surface area contributed by atoms with Crippen molar-refractivity contribution in [1.29, 1.82) is 0 Å². The number of benzene rings is 7. The minimum absolute atomic E-state index is 0.421. The second kappa shape index (κ2) is 12.9. The van der Waals surface area contributed by atoms with Crippen LogP contribution in [0.1, 0.15) is 30.4 Å². The maximum Gasteiger partial charge on any atom is 0.0540 e. The Balaban J connectivity index is 1.19. The Morgan fingerprint density at radius 2 is 1.04 bits per heavy atom. The van der Waals surface area contributed by atoms with Crippen molar-refractivity contribution in [3.8, 4) is 11.1 Å². The van der Waals surface area contributed by atoms with Gasteiger partial charge >= 0.3 is 0 Å². The number of hydrogen-bond donors (Lipinski definition) is 0. The molecule has 0 heterocycles. The lowest BCUT2D eigenvalue weighted by molar-refractivity contribution is 0.592. The molecule has 8 rings (SSSR count). The predicted molar refractivity (Wildman–Crippen MR) is 206 cm³/mol. The van der Waals surface area contributed by atoms with Crippen molar-refractivity contribution < 1.29 is 0 Å². The lowest BCUT2D eigenvalue weighted by Gasteiger charge is -2.36. The van der Waals surface area contributed by atoms with Crippen molar-refractivity contribution in [1.82, 2.24) is 0 Å². The Kier molecular flexibility index (Phi) is 8.00. The molecule has 0 saturated carbocycles. The topological polar surface area (TPSA) is 6.48 Å². The van der Waals surface area contributed by atoms with E-state index in [1.807, 2.05) is 0 Å². The first-order valence-corrected chi connectivity index (χ1v) is 17.1. The van der Waals surface area contributed by atoms with Crippen molar-refractivity contribution in [2.24, 2.45) is 0 Å². The highest BCUT2D eigenvalue weighted by Gasteiger charge is 2.24. The Morgan fingerprint density at radius 3 is 1.69 bits per heavy atom. The lowest BCUT2D eigenvalue weighted by atomic mass is 9.93. The fourth-order valence-corrected chi connectivity index (χ4v) is 7.57. The maximum atomic E-state index is 2.60. The lowest BCUT2D eigenvalue weighted by Crippen LogP contribution is -2.32. The summed E-state index contributed by atoms with van der Waals surface area (Å²) in [5, 5.41) is 5.06. The highest BCUT2D eigenvalue weighted by molar-refractivity contribution is 5.99. The highest BCUT2D eigenvalue weighted by atomic mass is 15.2. The molecule has 7 aromatic rings. The van der Waals surface area contributed by atoms with Gasteiger partial charge in [-0.1, -0.05) is 115 Å². The Hall–Kier alpha value is -5.60. The fraction of sp³-hybridized carbons (Fsp3) is 0.130. The van der Waals surface area contributed by atoms with Gasteiger partial charge in [0.05, 0.1) is 5.69 Å². The number of rotatable bonds is 7.